The van der Waals surface area contributed by atoms with Gasteiger partial charge in [-0.2, -0.15) is 4.98 Å². The van der Waals surface area contributed by atoms with Crippen LogP contribution in [0.4, 0.5) is 11.5 Å². The van der Waals surface area contributed by atoms with Gasteiger partial charge in [0.25, 0.3) is 0 Å². The van der Waals surface area contributed by atoms with Gasteiger partial charge in [0, 0.05) is 38.1 Å². The van der Waals surface area contributed by atoms with E-state index < -0.39 is 0 Å². The van der Waals surface area contributed by atoms with E-state index in [0.717, 1.165) is 57.3 Å². The van der Waals surface area contributed by atoms with Crippen molar-refractivity contribution in [3.8, 4) is 11.5 Å². The first-order valence-electron chi connectivity index (χ1n) is 15.2. The summed E-state index contributed by atoms with van der Waals surface area (Å²) in [5, 5.41) is 26.9. The fourth-order valence-corrected chi connectivity index (χ4v) is 6.35. The van der Waals surface area contributed by atoms with Crippen molar-refractivity contribution in [2.24, 2.45) is 11.5 Å². The van der Waals surface area contributed by atoms with Gasteiger partial charge in [-0.25, -0.2) is 4.79 Å². The second kappa shape index (κ2) is 13.8. The number of aromatic nitrogens is 2. The van der Waals surface area contributed by atoms with Crippen molar-refractivity contribution < 1.29 is 9.53 Å². The second-order valence-electron chi connectivity index (χ2n) is 11.5. The van der Waals surface area contributed by atoms with Crippen LogP contribution in [0.3, 0.4) is 0 Å². The smallest absolute Gasteiger partial charge is 0.350 e. The van der Waals surface area contributed by atoms with E-state index in [1.807, 2.05) is 11.0 Å². The highest BCUT2D eigenvalue weighted by atomic mass is 16.5. The third-order valence-electron chi connectivity index (χ3n) is 8.57. The molecule has 10 N–H and O–H groups in total. The quantitative estimate of drug-likeness (QED) is 0.0966. The zero-order valence-electron chi connectivity index (χ0n) is 24.5. The van der Waals surface area contributed by atoms with Gasteiger partial charge in [-0.05, 0) is 81.6 Å². The normalized spacial score (nSPS) is 19.6. The summed E-state index contributed by atoms with van der Waals surface area (Å²) in [4.78, 5) is 32.5. The number of piperidine rings is 1. The van der Waals surface area contributed by atoms with Gasteiger partial charge in [-0.3, -0.25) is 20.2 Å². The summed E-state index contributed by atoms with van der Waals surface area (Å²) in [6, 6.07) is 6.21. The average Bonchev–Trinajstić information content (AvgIpc) is 3.00. The lowest BCUT2D eigenvalue weighted by Crippen LogP contribution is -2.45. The zero-order chi connectivity index (χ0) is 30.3. The lowest BCUT2D eigenvalue weighted by atomic mass is 9.89. The van der Waals surface area contributed by atoms with E-state index >= 15 is 0 Å². The van der Waals surface area contributed by atoms with Crippen LogP contribution in [-0.2, 0) is 4.79 Å². The monoisotopic (exact) mass is 593 g/mol. The van der Waals surface area contributed by atoms with Crippen molar-refractivity contribution in [2.45, 2.75) is 69.4 Å². The van der Waals surface area contributed by atoms with Gasteiger partial charge in [0.2, 0.25) is 5.91 Å². The number of carbonyl (C=O) groups excluding carboxylic acids is 1. The molecule has 5 rings (SSSR count). The highest BCUT2D eigenvalue weighted by Crippen LogP contribution is 2.43. The van der Waals surface area contributed by atoms with Gasteiger partial charge in [0.05, 0.1) is 11.9 Å². The van der Waals surface area contributed by atoms with Gasteiger partial charge in [-0.15, -0.1) is 0 Å². The van der Waals surface area contributed by atoms with Gasteiger partial charge in [-0.1, -0.05) is 6.07 Å². The second-order valence-corrected chi connectivity index (χ2v) is 11.5. The van der Waals surface area contributed by atoms with Gasteiger partial charge in [0.15, 0.2) is 29.2 Å². The maximum Gasteiger partial charge on any atom is 0.350 e. The molecule has 0 spiro atoms. The Kier molecular flexibility index (Phi) is 9.65. The summed E-state index contributed by atoms with van der Waals surface area (Å²) in [7, 11) is 0. The number of amides is 1. The Morgan fingerprint density at radius 2 is 1.77 bits per heavy atom. The predicted molar refractivity (Wildman–Crippen MR) is 165 cm³/mol. The van der Waals surface area contributed by atoms with Gasteiger partial charge in [0.1, 0.15) is 0 Å². The Balaban J connectivity index is 1.23. The SMILES string of the molecule is N=C(N)NCCCN(C(=O)CCNC(=N)N)[C@H]1CC[C@H](n2cc3c(nc2=O)Nc2cc(C4CCNCC4)ccc2O3)CC1. The molecule has 1 aromatic carbocycles. The number of carbonyl (C=O) groups is 1. The van der Waals surface area contributed by atoms with Gasteiger partial charge >= 0.3 is 5.69 Å². The predicted octanol–water partition coefficient (Wildman–Crippen LogP) is 1.62. The molecule has 0 radical (unpaired) electrons. The lowest BCUT2D eigenvalue weighted by molar-refractivity contribution is -0.134. The number of rotatable bonds is 10. The summed E-state index contributed by atoms with van der Waals surface area (Å²) in [5.41, 5.74) is 12.5. The first-order valence-corrected chi connectivity index (χ1v) is 15.2. The Hall–Kier alpha value is -4.33. The van der Waals surface area contributed by atoms with Crippen LogP contribution in [0.5, 0.6) is 11.5 Å². The number of guanidine groups is 2. The standard InChI is InChI=1S/C29H43N11O3/c30-27(31)35-11-1-15-39(25(41)10-14-36-28(32)33)20-3-5-21(6-4-20)40-17-24-26(38-29(40)42)37-22-16-19(2-7-23(22)43-24)18-8-12-34-13-9-18/h2,7,16-18,20-21,34H,1,3-6,8-15H2,(H4,30,31,35)(H4,32,33,36)(H,37,38,42)/t20-,21-. The van der Waals surface area contributed by atoms with Crippen molar-refractivity contribution in [2.75, 3.05) is 38.0 Å². The van der Waals surface area contributed by atoms with E-state index in [1.54, 1.807) is 10.8 Å². The molecule has 3 heterocycles. The minimum Gasteiger partial charge on any atom is -0.450 e. The number of ether oxygens (including phenoxy) is 1. The molecule has 1 amide bonds. The largest absolute Gasteiger partial charge is 0.450 e. The van der Waals surface area contributed by atoms with E-state index in [9.17, 15) is 9.59 Å². The van der Waals surface area contributed by atoms with E-state index in [0.29, 0.717) is 49.3 Å². The summed E-state index contributed by atoms with van der Waals surface area (Å²) in [5.74, 6) is 1.89. The van der Waals surface area contributed by atoms with Gasteiger partial charge < -0.3 is 42.4 Å². The molecule has 1 saturated heterocycles. The lowest BCUT2D eigenvalue weighted by Gasteiger charge is -2.38. The van der Waals surface area contributed by atoms with Crippen LogP contribution in [0.2, 0.25) is 0 Å². The minimum absolute atomic E-state index is 0.0194. The number of nitrogens with zero attached hydrogens (tertiary/aromatic N) is 3. The average molecular weight is 594 g/mol. The molecule has 1 saturated carbocycles. The van der Waals surface area contributed by atoms with Crippen LogP contribution >= 0.6 is 0 Å². The van der Waals surface area contributed by atoms with Crippen molar-refractivity contribution >= 4 is 29.3 Å². The van der Waals surface area contributed by atoms with Crippen molar-refractivity contribution in [3.05, 3.63) is 40.4 Å². The summed E-state index contributed by atoms with van der Waals surface area (Å²) >= 11 is 0. The molecule has 0 unspecified atom stereocenters. The fourth-order valence-electron chi connectivity index (χ4n) is 6.35. The molecular formula is C29H43N11O3. The number of nitrogens with two attached hydrogens (primary N) is 2. The first-order chi connectivity index (χ1) is 20.8. The summed E-state index contributed by atoms with van der Waals surface area (Å²) < 4.78 is 7.88. The minimum atomic E-state index is -0.324. The number of anilines is 2. The molecule has 2 aliphatic heterocycles. The van der Waals surface area contributed by atoms with Crippen LogP contribution in [0.15, 0.2) is 29.2 Å². The zero-order valence-corrected chi connectivity index (χ0v) is 24.5. The highest BCUT2D eigenvalue weighted by molar-refractivity contribution is 5.79. The van der Waals surface area contributed by atoms with Crippen molar-refractivity contribution in [1.82, 2.24) is 30.4 Å². The van der Waals surface area contributed by atoms with Crippen LogP contribution in [0, 0.1) is 10.8 Å². The van der Waals surface area contributed by atoms with E-state index in [1.165, 1.54) is 5.56 Å². The highest BCUT2D eigenvalue weighted by Gasteiger charge is 2.31. The van der Waals surface area contributed by atoms with Crippen LogP contribution in [-0.4, -0.2) is 71.0 Å². The van der Waals surface area contributed by atoms with Crippen LogP contribution < -0.4 is 43.2 Å². The van der Waals surface area contributed by atoms with E-state index in [-0.39, 0.29) is 42.0 Å². The van der Waals surface area contributed by atoms with E-state index in [4.69, 9.17) is 27.0 Å². The fraction of sp³-hybridized carbons (Fsp3) is 0.552. The summed E-state index contributed by atoms with van der Waals surface area (Å²) in [6.07, 6.45) is 7.73. The van der Waals surface area contributed by atoms with Crippen molar-refractivity contribution in [1.29, 1.82) is 10.8 Å². The third-order valence-corrected chi connectivity index (χ3v) is 8.57. The number of fused-ring (bicyclic) bond motifs is 2. The molecule has 43 heavy (non-hydrogen) atoms. The number of benzene rings is 1. The molecular weight excluding hydrogens is 550 g/mol. The Bertz CT molecular complexity index is 1380. The molecule has 1 aromatic heterocycles. The molecule has 2 aromatic rings. The maximum atomic E-state index is 13.2. The molecule has 2 fully saturated rings. The summed E-state index contributed by atoms with van der Waals surface area (Å²) in [6.45, 7) is 3.34. The number of hydrogen-bond acceptors (Lipinski definition) is 8. The molecule has 14 nitrogen and oxygen atoms in total. The molecule has 0 atom stereocenters. The molecule has 14 heteroatoms. The Morgan fingerprint density at radius 1 is 1.05 bits per heavy atom. The molecule has 3 aliphatic rings. The molecule has 1 aliphatic carbocycles. The number of nitrogens with one attached hydrogen (secondary N) is 6. The first kappa shape index (κ1) is 30.1. The van der Waals surface area contributed by atoms with Crippen molar-refractivity contribution in [3.63, 3.8) is 0 Å². The molecule has 0 bridgehead atoms. The molecule has 232 valence electrons. The maximum absolute atomic E-state index is 13.2. The van der Waals surface area contributed by atoms with Crippen LogP contribution in [0.1, 0.15) is 68.9 Å². The Labute approximate surface area is 251 Å². The number of hydrogen-bond donors (Lipinski definition) is 8. The van der Waals surface area contributed by atoms with E-state index in [2.05, 4.69) is 38.4 Å². The topological polar surface area (TPSA) is 212 Å². The van der Waals surface area contributed by atoms with Crippen LogP contribution in [0.25, 0.3) is 0 Å². The third kappa shape index (κ3) is 7.55. The Morgan fingerprint density at radius 3 is 2.49 bits per heavy atom.